The minimum Gasteiger partial charge on any atom is -0.353 e. The molecule has 0 radical (unpaired) electrons. The van der Waals surface area contributed by atoms with E-state index in [0.29, 0.717) is 12.5 Å². The zero-order valence-corrected chi connectivity index (χ0v) is 10.3. The van der Waals surface area contributed by atoms with Crippen LogP contribution in [0.2, 0.25) is 19.6 Å². The Morgan fingerprint density at radius 2 is 2.21 bits per heavy atom. The van der Waals surface area contributed by atoms with E-state index in [-0.39, 0.29) is 5.91 Å². The number of hydrogen-bond donors (Lipinski definition) is 1. The van der Waals surface area contributed by atoms with Gasteiger partial charge in [0.2, 0.25) is 5.91 Å². The van der Waals surface area contributed by atoms with Gasteiger partial charge in [-0.25, -0.2) is 0 Å². The Morgan fingerprint density at radius 3 is 2.71 bits per heavy atom. The smallest absolute Gasteiger partial charge is 0.220 e. The second-order valence-corrected chi connectivity index (χ2v) is 9.64. The molecule has 0 aromatic carbocycles. The van der Waals surface area contributed by atoms with Gasteiger partial charge < -0.3 is 5.32 Å². The van der Waals surface area contributed by atoms with Crippen molar-refractivity contribution in [2.45, 2.75) is 51.4 Å². The summed E-state index contributed by atoms with van der Waals surface area (Å²) in [7, 11) is -1.20. The van der Waals surface area contributed by atoms with Gasteiger partial charge in [0.25, 0.3) is 0 Å². The highest BCUT2D eigenvalue weighted by Gasteiger charge is 2.19. The van der Waals surface area contributed by atoms with Gasteiger partial charge in [0.15, 0.2) is 0 Å². The molecule has 78 valence electrons. The average Bonchev–Trinajstić information content (AvgIpc) is 2.44. The van der Waals surface area contributed by atoms with Crippen LogP contribution in [0.5, 0.6) is 0 Å². The lowest BCUT2D eigenvalue weighted by molar-refractivity contribution is -0.119. The van der Waals surface area contributed by atoms with Gasteiger partial charge in [0, 0.05) is 18.9 Å². The molecule has 0 spiro atoms. The molecule has 1 aliphatic rings. The molecular weight excluding hydrogens is 190 g/mol. The predicted octanol–water partition coefficient (Wildman–Crippen LogP) is 1.93. The maximum Gasteiger partial charge on any atom is 0.220 e. The molecule has 3 heteroatoms. The molecule has 2 nitrogen and oxygen atoms in total. The highest BCUT2D eigenvalue weighted by Crippen LogP contribution is 2.11. The lowest BCUT2D eigenvalue weighted by Crippen LogP contribution is -2.24. The minimum atomic E-state index is -1.20. The number of amides is 1. The Labute approximate surface area is 87.5 Å². The van der Waals surface area contributed by atoms with Crippen molar-refractivity contribution in [2.24, 2.45) is 0 Å². The van der Waals surface area contributed by atoms with Crippen LogP contribution in [0.3, 0.4) is 0 Å². The third-order valence-corrected chi connectivity index (χ3v) is 3.09. The minimum absolute atomic E-state index is 0.202. The van der Waals surface area contributed by atoms with Crippen LogP contribution in [-0.4, -0.2) is 20.0 Å². The van der Waals surface area contributed by atoms with E-state index in [1.165, 1.54) is 0 Å². The largest absolute Gasteiger partial charge is 0.353 e. The lowest BCUT2D eigenvalue weighted by Gasteiger charge is -2.07. The summed E-state index contributed by atoms with van der Waals surface area (Å²) in [4.78, 5) is 10.9. The van der Waals surface area contributed by atoms with Gasteiger partial charge in [-0.3, -0.25) is 4.79 Å². The van der Waals surface area contributed by atoms with Gasteiger partial charge in [0.05, 0.1) is 0 Å². The van der Waals surface area contributed by atoms with Crippen molar-refractivity contribution in [3.63, 3.8) is 0 Å². The first kappa shape index (κ1) is 11.3. The molecule has 1 saturated heterocycles. The molecule has 14 heavy (non-hydrogen) atoms. The molecular formula is C11H19NOSi. The molecule has 1 unspecified atom stereocenters. The highest BCUT2D eigenvalue weighted by molar-refractivity contribution is 6.83. The lowest BCUT2D eigenvalue weighted by atomic mass is 10.1. The van der Waals surface area contributed by atoms with Crippen molar-refractivity contribution in [1.29, 1.82) is 0 Å². The summed E-state index contributed by atoms with van der Waals surface area (Å²) in [6.07, 6.45) is 3.64. The molecule has 1 atom stereocenters. The molecule has 1 heterocycles. The first-order chi connectivity index (χ1) is 6.47. The SMILES string of the molecule is C[Si](C)(C)C#CCCC1CCC(=O)N1. The van der Waals surface area contributed by atoms with Crippen LogP contribution in [0, 0.1) is 11.5 Å². The number of nitrogens with one attached hydrogen (secondary N) is 1. The zero-order valence-electron chi connectivity index (χ0n) is 9.31. The monoisotopic (exact) mass is 209 g/mol. The number of rotatable bonds is 2. The third-order valence-electron chi connectivity index (χ3n) is 2.17. The Morgan fingerprint density at radius 1 is 1.50 bits per heavy atom. The van der Waals surface area contributed by atoms with E-state index in [4.69, 9.17) is 0 Å². The third kappa shape index (κ3) is 4.47. The summed E-state index contributed by atoms with van der Waals surface area (Å²) >= 11 is 0. The van der Waals surface area contributed by atoms with Crippen LogP contribution in [0.15, 0.2) is 0 Å². The topological polar surface area (TPSA) is 29.1 Å². The Hall–Kier alpha value is -0.753. The summed E-state index contributed by atoms with van der Waals surface area (Å²) in [5, 5.41) is 2.96. The van der Waals surface area contributed by atoms with Gasteiger partial charge in [-0.2, -0.15) is 0 Å². The molecule has 0 bridgehead atoms. The van der Waals surface area contributed by atoms with E-state index in [0.717, 1.165) is 19.3 Å². The Bertz CT molecular complexity index is 269. The highest BCUT2D eigenvalue weighted by atomic mass is 28.3. The summed E-state index contributed by atoms with van der Waals surface area (Å²) < 4.78 is 0. The van der Waals surface area contributed by atoms with Crippen molar-refractivity contribution in [2.75, 3.05) is 0 Å². The van der Waals surface area contributed by atoms with Gasteiger partial charge in [-0.05, 0) is 12.8 Å². The van der Waals surface area contributed by atoms with Gasteiger partial charge in [-0.1, -0.05) is 19.6 Å². The fourth-order valence-corrected chi connectivity index (χ4v) is 2.12. The number of carbonyl (C=O) groups excluding carboxylic acids is 1. The molecule has 1 amide bonds. The maximum absolute atomic E-state index is 10.9. The van der Waals surface area contributed by atoms with Crippen LogP contribution in [0.4, 0.5) is 0 Å². The molecule has 0 aromatic rings. The summed E-state index contributed by atoms with van der Waals surface area (Å²) in [6, 6.07) is 0.387. The number of hydrogen-bond acceptors (Lipinski definition) is 1. The quantitative estimate of drug-likeness (QED) is 0.546. The van der Waals surface area contributed by atoms with Crippen LogP contribution >= 0.6 is 0 Å². The van der Waals surface area contributed by atoms with Gasteiger partial charge >= 0.3 is 0 Å². The molecule has 1 rings (SSSR count). The van der Waals surface area contributed by atoms with E-state index in [1.807, 2.05) is 0 Å². The van der Waals surface area contributed by atoms with Crippen molar-refractivity contribution < 1.29 is 4.79 Å². The standard InChI is InChI=1S/C11H19NOSi/c1-14(2,3)9-5-4-6-10-7-8-11(13)12-10/h10H,4,6-8H2,1-3H3,(H,12,13). The molecule has 1 fully saturated rings. The van der Waals surface area contributed by atoms with Gasteiger partial charge in [0.1, 0.15) is 8.07 Å². The van der Waals surface area contributed by atoms with Crippen LogP contribution in [0.25, 0.3) is 0 Å². The first-order valence-electron chi connectivity index (χ1n) is 5.27. The Balaban J connectivity index is 2.21. The molecule has 0 aromatic heterocycles. The summed E-state index contributed by atoms with van der Waals surface area (Å²) in [5.74, 6) is 3.43. The van der Waals surface area contributed by atoms with E-state index in [2.05, 4.69) is 36.4 Å². The van der Waals surface area contributed by atoms with E-state index < -0.39 is 8.07 Å². The predicted molar refractivity (Wildman–Crippen MR) is 61.5 cm³/mol. The molecule has 1 N–H and O–H groups in total. The zero-order chi connectivity index (χ0) is 10.6. The fraction of sp³-hybridized carbons (Fsp3) is 0.727. The normalized spacial score (nSPS) is 21.4. The summed E-state index contributed by atoms with van der Waals surface area (Å²) in [6.45, 7) is 6.74. The molecule has 0 saturated carbocycles. The second-order valence-electron chi connectivity index (χ2n) is 4.89. The Kier molecular flexibility index (Phi) is 3.76. The average molecular weight is 209 g/mol. The van der Waals surface area contributed by atoms with E-state index in [9.17, 15) is 4.79 Å². The molecule has 1 aliphatic heterocycles. The van der Waals surface area contributed by atoms with E-state index >= 15 is 0 Å². The van der Waals surface area contributed by atoms with Crippen LogP contribution in [-0.2, 0) is 4.79 Å². The van der Waals surface area contributed by atoms with Crippen LogP contribution < -0.4 is 5.32 Å². The fourth-order valence-electron chi connectivity index (χ4n) is 1.47. The van der Waals surface area contributed by atoms with E-state index in [1.54, 1.807) is 0 Å². The van der Waals surface area contributed by atoms with Crippen molar-refractivity contribution in [1.82, 2.24) is 5.32 Å². The molecule has 0 aliphatic carbocycles. The van der Waals surface area contributed by atoms with Crippen molar-refractivity contribution in [3.8, 4) is 11.5 Å². The van der Waals surface area contributed by atoms with Crippen molar-refractivity contribution in [3.05, 3.63) is 0 Å². The first-order valence-corrected chi connectivity index (χ1v) is 8.77. The summed E-state index contributed by atoms with van der Waals surface area (Å²) in [5.41, 5.74) is 3.33. The van der Waals surface area contributed by atoms with Gasteiger partial charge in [-0.15, -0.1) is 11.5 Å². The second kappa shape index (κ2) is 4.65. The maximum atomic E-state index is 10.9. The number of carbonyl (C=O) groups is 1. The van der Waals surface area contributed by atoms with Crippen molar-refractivity contribution >= 4 is 14.0 Å². The van der Waals surface area contributed by atoms with Crippen LogP contribution in [0.1, 0.15) is 25.7 Å².